The number of hydrogen-bond acceptors (Lipinski definition) is 2. The lowest BCUT2D eigenvalue weighted by atomic mass is 10.0. The highest BCUT2D eigenvalue weighted by atomic mass is 16.2. The molecule has 1 unspecified atom stereocenters. The summed E-state index contributed by atoms with van der Waals surface area (Å²) in [5, 5.41) is 7.82. The predicted octanol–water partition coefficient (Wildman–Crippen LogP) is 3.68. The van der Waals surface area contributed by atoms with Gasteiger partial charge in [0.05, 0.1) is 19.0 Å². The maximum atomic E-state index is 12.3. The summed E-state index contributed by atoms with van der Waals surface area (Å²) in [6.45, 7) is 3.93. The van der Waals surface area contributed by atoms with Gasteiger partial charge in [0.25, 0.3) is 0 Å². The van der Waals surface area contributed by atoms with Crippen LogP contribution in [-0.2, 0) is 16.0 Å². The number of hydrogen-bond donors (Lipinski definition) is 2. The number of nitrogens with one attached hydrogen (secondary N) is 2. The minimum atomic E-state index is -0.197. The Morgan fingerprint density at radius 3 is 2.41 bits per heavy atom. The van der Waals surface area contributed by atoms with Crippen molar-refractivity contribution in [2.45, 2.75) is 26.3 Å². The third-order valence-corrected chi connectivity index (χ3v) is 4.71. The van der Waals surface area contributed by atoms with Gasteiger partial charge in [-0.3, -0.25) is 9.59 Å². The summed E-state index contributed by atoms with van der Waals surface area (Å²) in [6, 6.07) is 21.7. The van der Waals surface area contributed by atoms with Crippen LogP contribution in [0.5, 0.6) is 0 Å². The molecule has 27 heavy (non-hydrogen) atoms. The zero-order chi connectivity index (χ0) is 19.2. The van der Waals surface area contributed by atoms with Crippen LogP contribution in [0.4, 0.5) is 0 Å². The van der Waals surface area contributed by atoms with Crippen LogP contribution in [0, 0.1) is 6.92 Å². The molecule has 138 valence electrons. The second-order valence-corrected chi connectivity index (χ2v) is 6.74. The van der Waals surface area contributed by atoms with Gasteiger partial charge in [-0.1, -0.05) is 66.7 Å². The summed E-state index contributed by atoms with van der Waals surface area (Å²) in [4.78, 5) is 24.5. The zero-order valence-electron chi connectivity index (χ0n) is 15.7. The molecule has 0 aromatic heterocycles. The van der Waals surface area contributed by atoms with E-state index in [1.807, 2.05) is 80.6 Å². The molecule has 0 heterocycles. The van der Waals surface area contributed by atoms with Gasteiger partial charge in [0, 0.05) is 0 Å². The standard InChI is InChI=1S/C23H24N2O2/c1-16-8-3-5-12-20(16)17(2)25-23(27)15-24-22(26)14-19-11-7-10-18-9-4-6-13-21(18)19/h3-13,17H,14-15H2,1-2H3,(H,24,26)(H,25,27). The van der Waals surface area contributed by atoms with Crippen LogP contribution in [0.2, 0.25) is 0 Å². The molecule has 0 fully saturated rings. The molecule has 4 nitrogen and oxygen atoms in total. The highest BCUT2D eigenvalue weighted by Gasteiger charge is 2.13. The lowest BCUT2D eigenvalue weighted by Crippen LogP contribution is -2.38. The Morgan fingerprint density at radius 2 is 1.59 bits per heavy atom. The topological polar surface area (TPSA) is 58.2 Å². The number of benzene rings is 3. The molecule has 0 spiro atoms. The minimum Gasteiger partial charge on any atom is -0.348 e. The van der Waals surface area contributed by atoms with Gasteiger partial charge in [-0.05, 0) is 41.3 Å². The number of carbonyl (C=O) groups is 2. The van der Waals surface area contributed by atoms with Crippen molar-refractivity contribution in [3.63, 3.8) is 0 Å². The van der Waals surface area contributed by atoms with Crippen LogP contribution in [0.3, 0.4) is 0 Å². The van der Waals surface area contributed by atoms with Crippen molar-refractivity contribution in [2.75, 3.05) is 6.54 Å². The molecule has 0 aliphatic carbocycles. The lowest BCUT2D eigenvalue weighted by Gasteiger charge is -2.17. The lowest BCUT2D eigenvalue weighted by molar-refractivity contribution is -0.126. The number of amides is 2. The number of fused-ring (bicyclic) bond motifs is 1. The van der Waals surface area contributed by atoms with Gasteiger partial charge in [0.2, 0.25) is 11.8 Å². The molecule has 1 atom stereocenters. The van der Waals surface area contributed by atoms with Crippen LogP contribution >= 0.6 is 0 Å². The van der Waals surface area contributed by atoms with E-state index in [1.165, 1.54) is 0 Å². The molecular weight excluding hydrogens is 336 g/mol. The molecule has 0 radical (unpaired) electrons. The van der Waals surface area contributed by atoms with Crippen LogP contribution in [0.25, 0.3) is 10.8 Å². The Morgan fingerprint density at radius 1 is 0.889 bits per heavy atom. The Kier molecular flexibility index (Phi) is 5.87. The average Bonchev–Trinajstić information content (AvgIpc) is 2.67. The van der Waals surface area contributed by atoms with E-state index < -0.39 is 0 Å². The average molecular weight is 360 g/mol. The predicted molar refractivity (Wildman–Crippen MR) is 108 cm³/mol. The van der Waals surface area contributed by atoms with Crippen molar-refractivity contribution in [3.05, 3.63) is 83.4 Å². The number of rotatable bonds is 6. The smallest absolute Gasteiger partial charge is 0.239 e. The second kappa shape index (κ2) is 8.49. The fourth-order valence-corrected chi connectivity index (χ4v) is 3.30. The van der Waals surface area contributed by atoms with Crippen molar-refractivity contribution in [2.24, 2.45) is 0 Å². The van der Waals surface area contributed by atoms with E-state index in [4.69, 9.17) is 0 Å². The van der Waals surface area contributed by atoms with E-state index in [0.29, 0.717) is 0 Å². The van der Waals surface area contributed by atoms with Crippen molar-refractivity contribution >= 4 is 22.6 Å². The molecular formula is C23H24N2O2. The van der Waals surface area contributed by atoms with Crippen molar-refractivity contribution in [1.29, 1.82) is 0 Å². The van der Waals surface area contributed by atoms with Crippen molar-refractivity contribution < 1.29 is 9.59 Å². The van der Waals surface area contributed by atoms with Gasteiger partial charge in [0.1, 0.15) is 0 Å². The molecule has 0 aliphatic heterocycles. The number of aryl methyl sites for hydroxylation is 1. The molecule has 0 bridgehead atoms. The fraction of sp³-hybridized carbons (Fsp3) is 0.217. The largest absolute Gasteiger partial charge is 0.348 e. The first-order valence-electron chi connectivity index (χ1n) is 9.13. The van der Waals surface area contributed by atoms with E-state index in [1.54, 1.807) is 0 Å². The first-order chi connectivity index (χ1) is 13.0. The third kappa shape index (κ3) is 4.73. The van der Waals surface area contributed by atoms with Crippen molar-refractivity contribution in [3.8, 4) is 0 Å². The molecule has 4 heteroatoms. The SMILES string of the molecule is Cc1ccccc1C(C)NC(=O)CNC(=O)Cc1cccc2ccccc12. The van der Waals surface area contributed by atoms with Gasteiger partial charge in [-0.25, -0.2) is 0 Å². The first kappa shape index (κ1) is 18.6. The van der Waals surface area contributed by atoms with E-state index in [2.05, 4.69) is 10.6 Å². The maximum Gasteiger partial charge on any atom is 0.239 e. The van der Waals surface area contributed by atoms with Gasteiger partial charge in [-0.15, -0.1) is 0 Å². The Balaban J connectivity index is 1.54. The fourth-order valence-electron chi connectivity index (χ4n) is 3.30. The maximum absolute atomic E-state index is 12.3. The molecule has 3 aromatic rings. The highest BCUT2D eigenvalue weighted by Crippen LogP contribution is 2.19. The number of carbonyl (C=O) groups excluding carboxylic acids is 2. The van der Waals surface area contributed by atoms with E-state index in [0.717, 1.165) is 27.5 Å². The summed E-state index contributed by atoms with van der Waals surface area (Å²) < 4.78 is 0. The molecule has 2 N–H and O–H groups in total. The molecule has 2 amide bonds. The third-order valence-electron chi connectivity index (χ3n) is 4.71. The first-order valence-corrected chi connectivity index (χ1v) is 9.13. The molecule has 3 aromatic carbocycles. The van der Waals surface area contributed by atoms with Crippen molar-refractivity contribution in [1.82, 2.24) is 10.6 Å². The Hall–Kier alpha value is -3.14. The van der Waals surface area contributed by atoms with Gasteiger partial charge < -0.3 is 10.6 Å². The van der Waals surface area contributed by atoms with Crippen LogP contribution in [-0.4, -0.2) is 18.4 Å². The zero-order valence-corrected chi connectivity index (χ0v) is 15.7. The van der Waals surface area contributed by atoms with Gasteiger partial charge in [0.15, 0.2) is 0 Å². The minimum absolute atomic E-state index is 0.0280. The second-order valence-electron chi connectivity index (χ2n) is 6.74. The molecule has 0 aliphatic rings. The summed E-state index contributed by atoms with van der Waals surface area (Å²) in [6.07, 6.45) is 0.252. The summed E-state index contributed by atoms with van der Waals surface area (Å²) >= 11 is 0. The van der Waals surface area contributed by atoms with E-state index in [9.17, 15) is 9.59 Å². The van der Waals surface area contributed by atoms with E-state index in [-0.39, 0.29) is 30.8 Å². The Labute approximate surface area is 159 Å². The van der Waals surface area contributed by atoms with E-state index >= 15 is 0 Å². The summed E-state index contributed by atoms with van der Waals surface area (Å²) in [5.41, 5.74) is 3.16. The molecule has 3 rings (SSSR count). The normalized spacial score (nSPS) is 11.8. The summed E-state index contributed by atoms with van der Waals surface area (Å²) in [5.74, 6) is -0.359. The Bertz CT molecular complexity index is 960. The van der Waals surface area contributed by atoms with Gasteiger partial charge >= 0.3 is 0 Å². The summed E-state index contributed by atoms with van der Waals surface area (Å²) in [7, 11) is 0. The molecule has 0 saturated carbocycles. The highest BCUT2D eigenvalue weighted by molar-refractivity contribution is 5.91. The monoisotopic (exact) mass is 360 g/mol. The van der Waals surface area contributed by atoms with Gasteiger partial charge in [-0.2, -0.15) is 0 Å². The molecule has 0 saturated heterocycles. The van der Waals surface area contributed by atoms with Crippen LogP contribution in [0.15, 0.2) is 66.7 Å². The quantitative estimate of drug-likeness (QED) is 0.704. The van der Waals surface area contributed by atoms with Crippen LogP contribution in [0.1, 0.15) is 29.7 Å². The van der Waals surface area contributed by atoms with Crippen LogP contribution < -0.4 is 10.6 Å².